The third kappa shape index (κ3) is 6.90. The maximum atomic E-state index is 13.2. The van der Waals surface area contributed by atoms with E-state index in [4.69, 9.17) is 4.98 Å². The molecule has 4 rings (SSSR count). The summed E-state index contributed by atoms with van der Waals surface area (Å²) < 4.78 is 27.4. The van der Waals surface area contributed by atoms with Crippen molar-refractivity contribution in [3.8, 4) is 0 Å². The Morgan fingerprint density at radius 3 is 2.34 bits per heavy atom. The van der Waals surface area contributed by atoms with Gasteiger partial charge in [0, 0.05) is 19.6 Å². The number of benzene rings is 1. The van der Waals surface area contributed by atoms with Crippen molar-refractivity contribution in [1.82, 2.24) is 20.3 Å². The van der Waals surface area contributed by atoms with Gasteiger partial charge in [-0.1, -0.05) is 43.4 Å². The topological polar surface area (TPSA) is 141 Å². The number of hydrogen-bond donors (Lipinski definition) is 4. The molecular formula is C26H37N5O5S2. The van der Waals surface area contributed by atoms with Gasteiger partial charge in [0.15, 0.2) is 5.13 Å². The van der Waals surface area contributed by atoms with Gasteiger partial charge in [0.1, 0.15) is 10.9 Å². The zero-order valence-electron chi connectivity index (χ0n) is 21.9. The molecule has 0 radical (unpaired) electrons. The molecule has 1 atom stereocenters. The number of carbonyl (C=O) groups is 2. The Morgan fingerprint density at radius 2 is 1.74 bits per heavy atom. The minimum Gasteiger partial charge on any atom is -0.480 e. The number of nitrogens with one attached hydrogen (secondary N) is 3. The summed E-state index contributed by atoms with van der Waals surface area (Å²) in [6, 6.07) is 6.01. The number of carbonyl (C=O) groups excluding carboxylic acids is 1. The van der Waals surface area contributed by atoms with Crippen molar-refractivity contribution in [2.45, 2.75) is 56.4 Å². The second-order valence-electron chi connectivity index (χ2n) is 10.3. The highest BCUT2D eigenvalue weighted by molar-refractivity contribution is 7.89. The second-order valence-corrected chi connectivity index (χ2v) is 13.0. The summed E-state index contributed by atoms with van der Waals surface area (Å²) in [5, 5.41) is 16.5. The van der Waals surface area contributed by atoms with Crippen molar-refractivity contribution in [2.24, 2.45) is 11.8 Å². The SMILES string of the molecule is CC(C)c1nc(N2CCC(C3CCNCC3)CC2)sc1C(=O)NC[C@H](NS(=O)(=O)c1ccccc1)C(=O)O. The number of aliphatic carboxylic acids is 1. The molecule has 3 heterocycles. The molecule has 38 heavy (non-hydrogen) atoms. The summed E-state index contributed by atoms with van der Waals surface area (Å²) >= 11 is 1.32. The molecule has 2 aliphatic heterocycles. The van der Waals surface area contributed by atoms with Crippen LogP contribution in [0.2, 0.25) is 0 Å². The van der Waals surface area contributed by atoms with Crippen molar-refractivity contribution in [3.05, 3.63) is 40.9 Å². The highest BCUT2D eigenvalue weighted by Crippen LogP contribution is 2.36. The first-order chi connectivity index (χ1) is 18.2. The molecule has 2 aromatic rings. The van der Waals surface area contributed by atoms with Gasteiger partial charge in [0.25, 0.3) is 5.91 Å². The fraction of sp³-hybridized carbons (Fsp3) is 0.577. The van der Waals surface area contributed by atoms with E-state index in [0.29, 0.717) is 10.6 Å². The van der Waals surface area contributed by atoms with E-state index in [1.54, 1.807) is 18.2 Å². The van der Waals surface area contributed by atoms with Crippen molar-refractivity contribution in [3.63, 3.8) is 0 Å². The standard InChI is InChI=1S/C26H37N5O5S2/c1-17(2)22-23(37-26(29-22)31-14-10-19(11-15-31)18-8-12-27-13-9-18)24(32)28-16-21(25(33)34)30-38(35,36)20-6-4-3-5-7-20/h3-7,17-19,21,27,30H,8-16H2,1-2H3,(H,28,32)(H,33,34)/t21-/m0/s1. The van der Waals surface area contributed by atoms with Crippen molar-refractivity contribution >= 4 is 38.4 Å². The summed E-state index contributed by atoms with van der Waals surface area (Å²) in [6.07, 6.45) is 4.71. The molecule has 208 valence electrons. The largest absolute Gasteiger partial charge is 0.480 e. The van der Waals surface area contributed by atoms with Gasteiger partial charge in [-0.05, 0) is 68.7 Å². The average molecular weight is 564 g/mol. The monoisotopic (exact) mass is 563 g/mol. The van der Waals surface area contributed by atoms with Crippen molar-refractivity contribution in [2.75, 3.05) is 37.6 Å². The first kappa shape index (κ1) is 28.5. The van der Waals surface area contributed by atoms with E-state index in [-0.39, 0.29) is 10.8 Å². The third-order valence-electron chi connectivity index (χ3n) is 7.37. The molecule has 0 spiro atoms. The van der Waals surface area contributed by atoms with E-state index in [1.807, 2.05) is 13.8 Å². The molecule has 2 aliphatic rings. The molecule has 0 unspecified atom stereocenters. The summed E-state index contributed by atoms with van der Waals surface area (Å²) in [4.78, 5) is 32.4. The Balaban J connectivity index is 1.40. The summed E-state index contributed by atoms with van der Waals surface area (Å²) in [6.45, 7) is 7.55. The van der Waals surface area contributed by atoms with E-state index in [1.165, 1.54) is 36.3 Å². The number of thiazole rings is 1. The fourth-order valence-corrected chi connectivity index (χ4v) is 7.60. The predicted octanol–water partition coefficient (Wildman–Crippen LogP) is 2.64. The number of amides is 1. The van der Waals surface area contributed by atoms with E-state index in [0.717, 1.165) is 56.0 Å². The van der Waals surface area contributed by atoms with Crippen LogP contribution in [0.5, 0.6) is 0 Å². The van der Waals surface area contributed by atoms with Crippen molar-refractivity contribution < 1.29 is 23.1 Å². The molecule has 1 aromatic heterocycles. The van der Waals surface area contributed by atoms with E-state index >= 15 is 0 Å². The maximum absolute atomic E-state index is 13.2. The Kier molecular flexibility index (Phi) is 9.40. The van der Waals surface area contributed by atoms with Crippen LogP contribution in [-0.2, 0) is 14.8 Å². The van der Waals surface area contributed by atoms with E-state index < -0.39 is 34.5 Å². The smallest absolute Gasteiger partial charge is 0.323 e. The minimum absolute atomic E-state index is 0.000109. The average Bonchev–Trinajstić information content (AvgIpc) is 3.38. The number of piperidine rings is 2. The molecular weight excluding hydrogens is 526 g/mol. The zero-order chi connectivity index (χ0) is 27.3. The summed E-state index contributed by atoms with van der Waals surface area (Å²) in [5.41, 5.74) is 0.666. The van der Waals surface area contributed by atoms with Gasteiger partial charge in [-0.3, -0.25) is 9.59 Å². The van der Waals surface area contributed by atoms with Crippen LogP contribution in [-0.4, -0.2) is 69.2 Å². The lowest BCUT2D eigenvalue weighted by Crippen LogP contribution is -2.48. The van der Waals surface area contributed by atoms with Gasteiger partial charge < -0.3 is 20.6 Å². The number of carboxylic acids is 1. The van der Waals surface area contributed by atoms with Gasteiger partial charge in [-0.15, -0.1) is 0 Å². The van der Waals surface area contributed by atoms with Gasteiger partial charge in [-0.2, -0.15) is 4.72 Å². The highest BCUT2D eigenvalue weighted by atomic mass is 32.2. The van der Waals surface area contributed by atoms with Gasteiger partial charge in [0.05, 0.1) is 10.6 Å². The normalized spacial score (nSPS) is 18.4. The molecule has 12 heteroatoms. The molecule has 10 nitrogen and oxygen atoms in total. The Hall–Kier alpha value is -2.54. The summed E-state index contributed by atoms with van der Waals surface area (Å²) in [7, 11) is -4.06. The van der Waals surface area contributed by atoms with E-state index in [9.17, 15) is 23.1 Å². The second kappa shape index (κ2) is 12.5. The maximum Gasteiger partial charge on any atom is 0.323 e. The first-order valence-electron chi connectivity index (χ1n) is 13.2. The Morgan fingerprint density at radius 1 is 1.11 bits per heavy atom. The van der Waals surface area contributed by atoms with E-state index in [2.05, 4.69) is 20.3 Å². The van der Waals surface area contributed by atoms with Gasteiger partial charge >= 0.3 is 5.97 Å². The predicted molar refractivity (Wildman–Crippen MR) is 147 cm³/mol. The quantitative estimate of drug-likeness (QED) is 0.346. The van der Waals surface area contributed by atoms with Crippen LogP contribution in [0.15, 0.2) is 35.2 Å². The number of rotatable bonds is 10. The number of nitrogens with zero attached hydrogens (tertiary/aromatic N) is 2. The molecule has 2 fully saturated rings. The Labute approximate surface area is 228 Å². The number of hydrogen-bond acceptors (Lipinski definition) is 8. The number of anilines is 1. The molecule has 0 aliphatic carbocycles. The highest BCUT2D eigenvalue weighted by Gasteiger charge is 2.31. The van der Waals surface area contributed by atoms with Gasteiger partial charge in [0.2, 0.25) is 10.0 Å². The lowest BCUT2D eigenvalue weighted by Gasteiger charge is -2.37. The minimum atomic E-state index is -4.06. The van der Waals surface area contributed by atoms with Gasteiger partial charge in [-0.25, -0.2) is 13.4 Å². The van der Waals surface area contributed by atoms with Crippen LogP contribution in [0, 0.1) is 11.8 Å². The molecule has 0 saturated carbocycles. The zero-order valence-corrected chi connectivity index (χ0v) is 23.5. The molecule has 2 saturated heterocycles. The number of aromatic nitrogens is 1. The number of carboxylic acid groups (broad SMARTS) is 1. The lowest BCUT2D eigenvalue weighted by atomic mass is 9.79. The molecule has 0 bridgehead atoms. The van der Waals surface area contributed by atoms with Crippen LogP contribution in [0.25, 0.3) is 0 Å². The third-order valence-corrected chi connectivity index (χ3v) is 9.99. The van der Waals surface area contributed by atoms with Crippen molar-refractivity contribution in [1.29, 1.82) is 0 Å². The fourth-order valence-electron chi connectivity index (χ4n) is 5.20. The number of sulfonamides is 1. The van der Waals surface area contributed by atoms with Crippen LogP contribution in [0.1, 0.15) is 60.8 Å². The van der Waals surface area contributed by atoms with Crippen LogP contribution < -0.4 is 20.3 Å². The van der Waals surface area contributed by atoms with Crippen LogP contribution in [0.3, 0.4) is 0 Å². The molecule has 1 amide bonds. The summed E-state index contributed by atoms with van der Waals surface area (Å²) in [5.74, 6) is -0.320. The lowest BCUT2D eigenvalue weighted by molar-refractivity contribution is -0.138. The Bertz CT molecular complexity index is 1200. The van der Waals surface area contributed by atoms with Crippen LogP contribution in [0.4, 0.5) is 5.13 Å². The first-order valence-corrected chi connectivity index (χ1v) is 15.5. The van der Waals surface area contributed by atoms with Crippen LogP contribution >= 0.6 is 11.3 Å². The molecule has 4 N–H and O–H groups in total. The molecule has 1 aromatic carbocycles.